The Balaban J connectivity index is 1.65. The molecule has 228 valence electrons. The van der Waals surface area contributed by atoms with E-state index >= 15 is 0 Å². The number of aromatic nitrogens is 1. The Morgan fingerprint density at radius 1 is 1.16 bits per heavy atom. The van der Waals surface area contributed by atoms with E-state index < -0.39 is 64.4 Å². The van der Waals surface area contributed by atoms with Crippen LogP contribution in [0.4, 0.5) is 0 Å². The molecule has 0 spiro atoms. The Labute approximate surface area is 249 Å². The Bertz CT molecular complexity index is 1530. The molecule has 6 atom stereocenters. The zero-order chi connectivity index (χ0) is 31.6. The maximum atomic E-state index is 14.3. The molecular formula is C32H38N4O7. The van der Waals surface area contributed by atoms with Crippen LogP contribution >= 0.6 is 0 Å². The molecule has 0 radical (unpaired) electrons. The van der Waals surface area contributed by atoms with Crippen LogP contribution in [0.25, 0.3) is 11.3 Å². The predicted molar refractivity (Wildman–Crippen MR) is 156 cm³/mol. The van der Waals surface area contributed by atoms with Gasteiger partial charge in [0.25, 0.3) is 0 Å². The molecule has 1 aromatic carbocycles. The zero-order valence-electron chi connectivity index (χ0n) is 25.0. The number of pyridine rings is 1. The number of Topliss-reactive ketones (excluding diaryl/α,β-unsaturated/α-hetero) is 4. The number of hydrogen-bond donors (Lipinski definition) is 4. The van der Waals surface area contributed by atoms with Gasteiger partial charge in [0.2, 0.25) is 5.91 Å². The Hall–Kier alpha value is -3.80. The van der Waals surface area contributed by atoms with Crippen molar-refractivity contribution < 1.29 is 34.2 Å². The predicted octanol–water partition coefficient (Wildman–Crippen LogP) is 1.06. The second-order valence-corrected chi connectivity index (χ2v) is 13.5. The van der Waals surface area contributed by atoms with E-state index in [2.05, 4.69) is 31.1 Å². The number of phenols is 1. The lowest BCUT2D eigenvalue weighted by atomic mass is 9.52. The fraction of sp³-hybridized carbons (Fsp3) is 0.500. The van der Waals surface area contributed by atoms with Crippen molar-refractivity contribution in [1.82, 2.24) is 15.2 Å². The Morgan fingerprint density at radius 2 is 1.86 bits per heavy atom. The van der Waals surface area contributed by atoms with Crippen LogP contribution < -0.4 is 11.1 Å². The first-order chi connectivity index (χ1) is 20.1. The standard InChI is InChI=1S/C32H38N4O7/c1-31(2,3)14-34-13-16-11-17(20-8-6-7-9-35-20)18-10-15-12-19-24(36(4)5)27(39)23(30(33)42)29(41)32(19,43)28(40)21(15)26(38)22(18)25(16)37/h6-9,11,15,19,21,23-24,34,37,43H,10,12-14H2,1-5H3,(H2,33,42)/t15-,19-,21?,23?,24-,32-/m0/s1. The van der Waals surface area contributed by atoms with Crippen molar-refractivity contribution in [2.24, 2.45) is 34.8 Å². The molecule has 11 heteroatoms. The number of benzene rings is 1. The topological polar surface area (TPSA) is 180 Å². The number of nitrogens with zero attached hydrogens (tertiary/aromatic N) is 2. The van der Waals surface area contributed by atoms with Gasteiger partial charge in [-0.2, -0.15) is 0 Å². The second kappa shape index (κ2) is 10.7. The van der Waals surface area contributed by atoms with E-state index in [1.54, 1.807) is 38.5 Å². The van der Waals surface area contributed by atoms with E-state index in [4.69, 9.17) is 5.73 Å². The number of likely N-dealkylation sites (N-methyl/N-ethyl adjacent to an activating group) is 1. The highest BCUT2D eigenvalue weighted by molar-refractivity contribution is 6.32. The summed E-state index contributed by atoms with van der Waals surface area (Å²) in [5.74, 6) is -10.7. The number of fused-ring (bicyclic) bond motifs is 3. The molecule has 5 N–H and O–H groups in total. The van der Waals surface area contributed by atoms with Crippen LogP contribution in [0.15, 0.2) is 30.5 Å². The summed E-state index contributed by atoms with van der Waals surface area (Å²) in [4.78, 5) is 73.4. The van der Waals surface area contributed by atoms with Gasteiger partial charge in [-0.25, -0.2) is 0 Å². The number of carbonyl (C=O) groups excluding carboxylic acids is 5. The summed E-state index contributed by atoms with van der Waals surface area (Å²) in [5, 5.41) is 26.6. The molecule has 5 rings (SSSR count). The molecule has 11 nitrogen and oxygen atoms in total. The maximum Gasteiger partial charge on any atom is 0.235 e. The first kappa shape index (κ1) is 30.7. The summed E-state index contributed by atoms with van der Waals surface area (Å²) in [6.45, 7) is 7.05. The van der Waals surface area contributed by atoms with Gasteiger partial charge in [0.15, 0.2) is 34.7 Å². The van der Waals surface area contributed by atoms with E-state index in [0.717, 1.165) is 0 Å². The number of hydrogen-bond acceptors (Lipinski definition) is 10. The highest BCUT2D eigenvalue weighted by Gasteiger charge is 2.69. The molecule has 1 heterocycles. The molecule has 3 aliphatic carbocycles. The number of primary amides is 1. The fourth-order valence-electron chi connectivity index (χ4n) is 7.19. The van der Waals surface area contributed by atoms with Crippen molar-refractivity contribution in [2.45, 2.75) is 51.8 Å². The number of nitrogens with two attached hydrogens (primary N) is 1. The lowest BCUT2D eigenvalue weighted by Gasteiger charge is -2.52. The number of amides is 1. The van der Waals surface area contributed by atoms with Crippen molar-refractivity contribution in [3.05, 3.63) is 47.2 Å². The van der Waals surface area contributed by atoms with Gasteiger partial charge in [-0.1, -0.05) is 26.8 Å². The van der Waals surface area contributed by atoms with Crippen LogP contribution in [0.5, 0.6) is 5.75 Å². The van der Waals surface area contributed by atoms with Gasteiger partial charge in [0.05, 0.1) is 23.2 Å². The van der Waals surface area contributed by atoms with Crippen LogP contribution in [-0.4, -0.2) is 81.4 Å². The summed E-state index contributed by atoms with van der Waals surface area (Å²) in [5.41, 5.74) is 4.73. The van der Waals surface area contributed by atoms with Crippen LogP contribution in [-0.2, 0) is 32.1 Å². The summed E-state index contributed by atoms with van der Waals surface area (Å²) >= 11 is 0. The average molecular weight is 591 g/mol. The van der Waals surface area contributed by atoms with Gasteiger partial charge in [0.1, 0.15) is 5.75 Å². The number of aromatic hydroxyl groups is 1. The molecule has 0 saturated heterocycles. The molecule has 3 aliphatic rings. The third-order valence-corrected chi connectivity index (χ3v) is 9.05. The molecule has 2 saturated carbocycles. The van der Waals surface area contributed by atoms with Gasteiger partial charge in [-0.3, -0.25) is 33.9 Å². The largest absolute Gasteiger partial charge is 0.507 e. The number of phenolic OH excluding ortho intramolecular Hbond substituents is 1. The summed E-state index contributed by atoms with van der Waals surface area (Å²) in [7, 11) is 3.11. The molecule has 2 unspecified atom stereocenters. The summed E-state index contributed by atoms with van der Waals surface area (Å²) in [6.07, 6.45) is 1.78. The molecule has 1 aromatic heterocycles. The highest BCUT2D eigenvalue weighted by Crippen LogP contribution is 2.52. The second-order valence-electron chi connectivity index (χ2n) is 13.5. The lowest BCUT2D eigenvalue weighted by Crippen LogP contribution is -2.74. The molecule has 43 heavy (non-hydrogen) atoms. The first-order valence-electron chi connectivity index (χ1n) is 14.4. The van der Waals surface area contributed by atoms with Crippen molar-refractivity contribution >= 4 is 29.0 Å². The molecular weight excluding hydrogens is 552 g/mol. The third-order valence-electron chi connectivity index (χ3n) is 9.05. The van der Waals surface area contributed by atoms with E-state index in [1.165, 1.54) is 4.90 Å². The van der Waals surface area contributed by atoms with Gasteiger partial charge >= 0.3 is 0 Å². The van der Waals surface area contributed by atoms with Crippen molar-refractivity contribution in [1.29, 1.82) is 0 Å². The number of nitrogens with one attached hydrogen (secondary N) is 1. The van der Waals surface area contributed by atoms with E-state index in [-0.39, 0.29) is 36.1 Å². The van der Waals surface area contributed by atoms with E-state index in [9.17, 15) is 34.2 Å². The number of carbonyl (C=O) groups is 5. The molecule has 2 fully saturated rings. The van der Waals surface area contributed by atoms with Crippen molar-refractivity contribution in [3.63, 3.8) is 0 Å². The summed E-state index contributed by atoms with van der Waals surface area (Å²) in [6, 6.07) is 6.02. The maximum absolute atomic E-state index is 14.3. The normalized spacial score (nSPS) is 28.9. The smallest absolute Gasteiger partial charge is 0.235 e. The van der Waals surface area contributed by atoms with E-state index in [1.807, 2.05) is 6.07 Å². The number of rotatable bonds is 6. The lowest BCUT2D eigenvalue weighted by molar-refractivity contribution is -0.181. The minimum atomic E-state index is -2.76. The van der Waals surface area contributed by atoms with Crippen LogP contribution in [0.1, 0.15) is 48.7 Å². The number of aliphatic hydroxyl groups is 1. The Kier molecular flexibility index (Phi) is 7.65. The van der Waals surface area contributed by atoms with Crippen LogP contribution in [0, 0.1) is 29.1 Å². The van der Waals surface area contributed by atoms with E-state index in [0.29, 0.717) is 28.9 Å². The van der Waals surface area contributed by atoms with Crippen molar-refractivity contribution in [3.8, 4) is 17.0 Å². The number of ketones is 4. The van der Waals surface area contributed by atoms with Gasteiger partial charge in [0, 0.05) is 36.3 Å². The SMILES string of the molecule is CN(C)[C@@H]1C(=O)C(C(N)=O)C(=O)[C@@]2(O)C(=O)C3C(=O)c4c(O)c(CNCC(C)(C)C)cc(-c5ccccn5)c4C[C@H]3C[C@@H]12. The third kappa shape index (κ3) is 4.89. The van der Waals surface area contributed by atoms with Crippen molar-refractivity contribution in [2.75, 3.05) is 20.6 Å². The molecule has 2 aromatic rings. The molecule has 0 aliphatic heterocycles. The quantitative estimate of drug-likeness (QED) is 0.355. The zero-order valence-corrected chi connectivity index (χ0v) is 25.0. The first-order valence-corrected chi connectivity index (χ1v) is 14.4. The van der Waals surface area contributed by atoms with Crippen LogP contribution in [0.3, 0.4) is 0 Å². The molecule has 0 bridgehead atoms. The fourth-order valence-corrected chi connectivity index (χ4v) is 7.19. The molecule has 1 amide bonds. The van der Waals surface area contributed by atoms with Crippen LogP contribution in [0.2, 0.25) is 0 Å². The minimum Gasteiger partial charge on any atom is -0.507 e. The van der Waals surface area contributed by atoms with Gasteiger partial charge < -0.3 is 21.3 Å². The minimum absolute atomic E-state index is 0.0127. The highest BCUT2D eigenvalue weighted by atomic mass is 16.3. The van der Waals surface area contributed by atoms with Gasteiger partial charge in [-0.15, -0.1) is 0 Å². The van der Waals surface area contributed by atoms with Gasteiger partial charge in [-0.05, 0) is 62.0 Å². The monoisotopic (exact) mass is 590 g/mol. The Morgan fingerprint density at radius 3 is 2.44 bits per heavy atom. The summed E-state index contributed by atoms with van der Waals surface area (Å²) < 4.78 is 0. The average Bonchev–Trinajstić information content (AvgIpc) is 2.91.